The fraction of sp³-hybridized carbons (Fsp3) is 0.400. The van der Waals surface area contributed by atoms with Gasteiger partial charge in [0, 0.05) is 17.9 Å². The van der Waals surface area contributed by atoms with Crippen molar-refractivity contribution in [1.29, 1.82) is 0 Å². The van der Waals surface area contributed by atoms with Gasteiger partial charge >= 0.3 is 0 Å². The number of carbonyl (C=O) groups is 1. The molecule has 1 atom stereocenters. The Morgan fingerprint density at radius 3 is 2.80 bits per heavy atom. The van der Waals surface area contributed by atoms with Crippen LogP contribution in [0.5, 0.6) is 0 Å². The SMILES string of the molecule is CC(=Cc1ccc(F)cc1)C(=O)NCC1(O)CCSC1. The third-order valence-corrected chi connectivity index (χ3v) is 4.51. The van der Waals surface area contributed by atoms with Crippen LogP contribution in [-0.4, -0.2) is 34.7 Å². The summed E-state index contributed by atoms with van der Waals surface area (Å²) in [6.07, 6.45) is 2.40. The van der Waals surface area contributed by atoms with Crippen molar-refractivity contribution in [3.63, 3.8) is 0 Å². The predicted molar refractivity (Wildman–Crippen MR) is 80.0 cm³/mol. The number of thioether (sulfide) groups is 1. The van der Waals surface area contributed by atoms with Crippen LogP contribution in [0.3, 0.4) is 0 Å². The summed E-state index contributed by atoms with van der Waals surface area (Å²) >= 11 is 1.69. The van der Waals surface area contributed by atoms with E-state index in [0.717, 1.165) is 11.3 Å². The Labute approximate surface area is 122 Å². The molecule has 1 amide bonds. The number of aliphatic hydroxyl groups is 1. The van der Waals surface area contributed by atoms with Crippen molar-refractivity contribution in [3.8, 4) is 0 Å². The number of amides is 1. The van der Waals surface area contributed by atoms with E-state index in [-0.39, 0.29) is 18.3 Å². The number of hydrogen-bond acceptors (Lipinski definition) is 3. The maximum atomic E-state index is 12.8. The van der Waals surface area contributed by atoms with Crippen LogP contribution >= 0.6 is 11.8 Å². The van der Waals surface area contributed by atoms with Gasteiger partial charge in [-0.05, 0) is 42.9 Å². The molecule has 2 rings (SSSR count). The Bertz CT molecular complexity index is 507. The second-order valence-corrected chi connectivity index (χ2v) is 6.19. The van der Waals surface area contributed by atoms with E-state index in [2.05, 4.69) is 5.32 Å². The Hall–Kier alpha value is -1.33. The molecule has 1 saturated heterocycles. The van der Waals surface area contributed by atoms with Crippen molar-refractivity contribution in [2.75, 3.05) is 18.1 Å². The summed E-state index contributed by atoms with van der Waals surface area (Å²) in [6, 6.07) is 5.95. The zero-order valence-electron chi connectivity index (χ0n) is 11.4. The van der Waals surface area contributed by atoms with Gasteiger partial charge in [0.1, 0.15) is 5.82 Å². The molecule has 1 fully saturated rings. The molecule has 0 bridgehead atoms. The first-order valence-corrected chi connectivity index (χ1v) is 7.66. The molecule has 0 spiro atoms. The molecule has 0 aromatic heterocycles. The summed E-state index contributed by atoms with van der Waals surface area (Å²) in [6.45, 7) is 1.97. The Morgan fingerprint density at radius 1 is 1.50 bits per heavy atom. The number of rotatable bonds is 4. The summed E-state index contributed by atoms with van der Waals surface area (Å²) in [7, 11) is 0. The highest BCUT2D eigenvalue weighted by Gasteiger charge is 2.31. The average Bonchev–Trinajstić information content (AvgIpc) is 2.86. The molecule has 0 radical (unpaired) electrons. The standard InChI is InChI=1S/C15H18FNO2S/c1-11(8-12-2-4-13(16)5-3-12)14(18)17-9-15(19)6-7-20-10-15/h2-5,8,19H,6-7,9-10H2,1H3,(H,17,18). The minimum atomic E-state index is -0.781. The van der Waals surface area contributed by atoms with Crippen LogP contribution in [0.25, 0.3) is 6.08 Å². The van der Waals surface area contributed by atoms with Crippen LogP contribution < -0.4 is 5.32 Å². The van der Waals surface area contributed by atoms with E-state index in [9.17, 15) is 14.3 Å². The van der Waals surface area contributed by atoms with E-state index >= 15 is 0 Å². The van der Waals surface area contributed by atoms with Gasteiger partial charge in [-0.25, -0.2) is 4.39 Å². The van der Waals surface area contributed by atoms with Crippen molar-refractivity contribution in [2.45, 2.75) is 18.9 Å². The maximum absolute atomic E-state index is 12.8. The smallest absolute Gasteiger partial charge is 0.247 e. The van der Waals surface area contributed by atoms with Crippen LogP contribution in [-0.2, 0) is 4.79 Å². The van der Waals surface area contributed by atoms with Crippen LogP contribution in [0.15, 0.2) is 29.8 Å². The number of nitrogens with one attached hydrogen (secondary N) is 1. The molecule has 1 aromatic rings. The van der Waals surface area contributed by atoms with Gasteiger partial charge in [-0.2, -0.15) is 11.8 Å². The highest BCUT2D eigenvalue weighted by atomic mass is 32.2. The number of halogens is 1. The first-order valence-electron chi connectivity index (χ1n) is 6.51. The summed E-state index contributed by atoms with van der Waals surface area (Å²) in [5.74, 6) is 1.08. The van der Waals surface area contributed by atoms with Crippen molar-refractivity contribution >= 4 is 23.7 Å². The Morgan fingerprint density at radius 2 is 2.20 bits per heavy atom. The lowest BCUT2D eigenvalue weighted by Gasteiger charge is -2.21. The van der Waals surface area contributed by atoms with Crippen LogP contribution in [0.1, 0.15) is 18.9 Å². The molecular formula is C15H18FNO2S. The third-order valence-electron chi connectivity index (χ3n) is 3.27. The van der Waals surface area contributed by atoms with E-state index in [0.29, 0.717) is 17.7 Å². The van der Waals surface area contributed by atoms with Gasteiger partial charge < -0.3 is 10.4 Å². The lowest BCUT2D eigenvalue weighted by atomic mass is 10.0. The van der Waals surface area contributed by atoms with E-state index in [1.165, 1.54) is 12.1 Å². The van der Waals surface area contributed by atoms with Crippen LogP contribution in [0.4, 0.5) is 4.39 Å². The third kappa shape index (κ3) is 4.08. The van der Waals surface area contributed by atoms with Crippen LogP contribution in [0, 0.1) is 5.82 Å². The molecule has 1 aromatic carbocycles. The van der Waals surface area contributed by atoms with Crippen LogP contribution in [0.2, 0.25) is 0 Å². The van der Waals surface area contributed by atoms with Gasteiger partial charge in [0.25, 0.3) is 0 Å². The predicted octanol–water partition coefficient (Wildman–Crippen LogP) is 2.21. The van der Waals surface area contributed by atoms with Gasteiger partial charge in [-0.15, -0.1) is 0 Å². The molecule has 108 valence electrons. The molecule has 20 heavy (non-hydrogen) atoms. The fourth-order valence-corrected chi connectivity index (χ4v) is 3.29. The highest BCUT2D eigenvalue weighted by molar-refractivity contribution is 7.99. The monoisotopic (exact) mass is 295 g/mol. The van der Waals surface area contributed by atoms with Crippen molar-refractivity contribution in [2.24, 2.45) is 0 Å². The second-order valence-electron chi connectivity index (χ2n) is 5.09. The lowest BCUT2D eigenvalue weighted by Crippen LogP contribution is -2.43. The van der Waals surface area contributed by atoms with Gasteiger partial charge in [0.05, 0.1) is 5.60 Å². The summed E-state index contributed by atoms with van der Waals surface area (Å²) in [5.41, 5.74) is 0.524. The first-order chi connectivity index (χ1) is 9.48. The van der Waals surface area contributed by atoms with E-state index < -0.39 is 5.60 Å². The summed E-state index contributed by atoms with van der Waals surface area (Å²) < 4.78 is 12.8. The molecule has 3 nitrogen and oxygen atoms in total. The Balaban J connectivity index is 1.92. The van der Waals surface area contributed by atoms with Gasteiger partial charge in [-0.1, -0.05) is 12.1 Å². The first kappa shape index (κ1) is 15.1. The average molecular weight is 295 g/mol. The number of carbonyl (C=O) groups excluding carboxylic acids is 1. The summed E-state index contributed by atoms with van der Waals surface area (Å²) in [4.78, 5) is 11.9. The molecular weight excluding hydrogens is 277 g/mol. The zero-order chi connectivity index (χ0) is 14.6. The van der Waals surface area contributed by atoms with E-state index in [4.69, 9.17) is 0 Å². The van der Waals surface area contributed by atoms with Gasteiger partial charge in [0.15, 0.2) is 0 Å². The molecule has 5 heteroatoms. The molecule has 1 aliphatic rings. The second kappa shape index (κ2) is 6.41. The molecule has 1 aliphatic heterocycles. The number of benzene rings is 1. The summed E-state index contributed by atoms with van der Waals surface area (Å²) in [5, 5.41) is 12.9. The minimum Gasteiger partial charge on any atom is -0.387 e. The lowest BCUT2D eigenvalue weighted by molar-refractivity contribution is -0.118. The van der Waals surface area contributed by atoms with E-state index in [1.54, 1.807) is 36.9 Å². The quantitative estimate of drug-likeness (QED) is 0.837. The van der Waals surface area contributed by atoms with Crippen molar-refractivity contribution < 1.29 is 14.3 Å². The normalized spacial score (nSPS) is 22.9. The fourth-order valence-electron chi connectivity index (χ4n) is 1.99. The molecule has 1 unspecified atom stereocenters. The van der Waals surface area contributed by atoms with Gasteiger partial charge in [0.2, 0.25) is 5.91 Å². The largest absolute Gasteiger partial charge is 0.387 e. The highest BCUT2D eigenvalue weighted by Crippen LogP contribution is 2.27. The molecule has 0 saturated carbocycles. The topological polar surface area (TPSA) is 49.3 Å². The van der Waals surface area contributed by atoms with Crippen molar-refractivity contribution in [1.82, 2.24) is 5.32 Å². The van der Waals surface area contributed by atoms with E-state index in [1.807, 2.05) is 0 Å². The molecule has 0 aliphatic carbocycles. The number of hydrogen-bond donors (Lipinski definition) is 2. The Kier molecular flexibility index (Phi) is 4.83. The minimum absolute atomic E-state index is 0.209. The van der Waals surface area contributed by atoms with Gasteiger partial charge in [-0.3, -0.25) is 4.79 Å². The molecule has 2 N–H and O–H groups in total. The zero-order valence-corrected chi connectivity index (χ0v) is 12.2. The maximum Gasteiger partial charge on any atom is 0.247 e. The van der Waals surface area contributed by atoms with Crippen molar-refractivity contribution in [3.05, 3.63) is 41.2 Å². The molecule has 1 heterocycles.